The third-order valence-electron chi connectivity index (χ3n) is 6.35. The Morgan fingerprint density at radius 1 is 1.14 bits per heavy atom. The van der Waals surface area contributed by atoms with Crippen LogP contribution in [0.5, 0.6) is 5.75 Å². The van der Waals surface area contributed by atoms with Gasteiger partial charge in [0.2, 0.25) is 5.95 Å². The van der Waals surface area contributed by atoms with E-state index in [1.54, 1.807) is 50.0 Å². The molecule has 1 saturated carbocycles. The second-order valence-electron chi connectivity index (χ2n) is 10.3. The highest BCUT2D eigenvalue weighted by Crippen LogP contribution is 2.30. The summed E-state index contributed by atoms with van der Waals surface area (Å²) >= 11 is 0. The van der Waals surface area contributed by atoms with Crippen molar-refractivity contribution in [3.05, 3.63) is 53.5 Å². The first kappa shape index (κ1) is 30.7. The molecule has 16 heteroatoms. The van der Waals surface area contributed by atoms with Crippen LogP contribution in [-0.4, -0.2) is 85.2 Å². The summed E-state index contributed by atoms with van der Waals surface area (Å²) in [5, 5.41) is 7.05. The van der Waals surface area contributed by atoms with E-state index in [1.807, 2.05) is 0 Å². The van der Waals surface area contributed by atoms with Gasteiger partial charge in [-0.2, -0.15) is 9.67 Å². The maximum atomic E-state index is 13.1. The van der Waals surface area contributed by atoms with Crippen molar-refractivity contribution < 1.29 is 35.9 Å². The SMILES string of the molecule is C[C@H](NC(=O)c1cc(OC(F)(F)F)cc(S(C)(=O)=O)c1)c1nc(N(C)C)nn1-c1ccc(C(=O)N(C)CC2CC2)cn1. The van der Waals surface area contributed by atoms with Crippen molar-refractivity contribution in [2.24, 2.45) is 5.92 Å². The van der Waals surface area contributed by atoms with Gasteiger partial charge in [0.25, 0.3) is 11.8 Å². The average molecular weight is 610 g/mol. The van der Waals surface area contributed by atoms with Crippen LogP contribution in [0.4, 0.5) is 19.1 Å². The van der Waals surface area contributed by atoms with Gasteiger partial charge >= 0.3 is 6.36 Å². The van der Waals surface area contributed by atoms with Crippen LogP contribution in [0.3, 0.4) is 0 Å². The number of carbonyl (C=O) groups is 2. The zero-order chi connectivity index (χ0) is 31.0. The molecule has 2 amide bonds. The number of aromatic nitrogens is 4. The van der Waals surface area contributed by atoms with Crippen LogP contribution in [0, 0.1) is 5.92 Å². The monoisotopic (exact) mass is 609 g/mol. The number of nitrogens with one attached hydrogen (secondary N) is 1. The molecular formula is C26H30F3N7O5S. The summed E-state index contributed by atoms with van der Waals surface area (Å²) in [6, 6.07) is 4.75. The Morgan fingerprint density at radius 3 is 2.38 bits per heavy atom. The number of hydrogen-bond acceptors (Lipinski definition) is 9. The molecule has 1 atom stereocenters. The molecule has 1 aliphatic rings. The fourth-order valence-electron chi connectivity index (χ4n) is 4.03. The van der Waals surface area contributed by atoms with Crippen molar-refractivity contribution in [1.82, 2.24) is 30.0 Å². The lowest BCUT2D eigenvalue weighted by Crippen LogP contribution is -2.29. The van der Waals surface area contributed by atoms with Crippen molar-refractivity contribution in [1.29, 1.82) is 0 Å². The van der Waals surface area contributed by atoms with Crippen molar-refractivity contribution in [3.8, 4) is 11.6 Å². The van der Waals surface area contributed by atoms with E-state index in [0.717, 1.165) is 31.2 Å². The number of alkyl halides is 3. The van der Waals surface area contributed by atoms with Crippen LogP contribution >= 0.6 is 0 Å². The first-order valence-corrected chi connectivity index (χ1v) is 14.7. The molecular weight excluding hydrogens is 579 g/mol. The van der Waals surface area contributed by atoms with Crippen LogP contribution < -0.4 is 15.0 Å². The zero-order valence-electron chi connectivity index (χ0n) is 23.5. The van der Waals surface area contributed by atoms with Gasteiger partial charge in [0, 0.05) is 45.7 Å². The molecule has 0 unspecified atom stereocenters. The number of ether oxygens (including phenoxy) is 1. The van der Waals surface area contributed by atoms with Crippen molar-refractivity contribution in [3.63, 3.8) is 0 Å². The van der Waals surface area contributed by atoms with Gasteiger partial charge < -0.3 is 19.9 Å². The highest BCUT2D eigenvalue weighted by Gasteiger charge is 2.32. The number of rotatable bonds is 10. The largest absolute Gasteiger partial charge is 0.573 e. The lowest BCUT2D eigenvalue weighted by atomic mass is 10.2. The summed E-state index contributed by atoms with van der Waals surface area (Å²) in [5.41, 5.74) is 0.0135. The molecule has 1 fully saturated rings. The summed E-state index contributed by atoms with van der Waals surface area (Å²) in [6.07, 6.45) is -0.664. The van der Waals surface area contributed by atoms with E-state index in [4.69, 9.17) is 0 Å². The van der Waals surface area contributed by atoms with E-state index in [1.165, 1.54) is 10.9 Å². The number of benzene rings is 1. The maximum absolute atomic E-state index is 13.1. The van der Waals surface area contributed by atoms with Crippen LogP contribution in [0.2, 0.25) is 0 Å². The predicted molar refractivity (Wildman–Crippen MR) is 145 cm³/mol. The number of carbonyl (C=O) groups excluding carboxylic acids is 2. The number of nitrogens with zero attached hydrogens (tertiary/aromatic N) is 6. The first-order valence-electron chi connectivity index (χ1n) is 12.8. The molecule has 0 saturated heterocycles. The van der Waals surface area contributed by atoms with Gasteiger partial charge in [0.1, 0.15) is 5.75 Å². The van der Waals surface area contributed by atoms with E-state index < -0.39 is 38.8 Å². The van der Waals surface area contributed by atoms with Gasteiger partial charge in [-0.25, -0.2) is 13.4 Å². The topological polar surface area (TPSA) is 140 Å². The lowest BCUT2D eigenvalue weighted by Gasteiger charge is -2.17. The summed E-state index contributed by atoms with van der Waals surface area (Å²) in [5.74, 6) is -0.584. The zero-order valence-corrected chi connectivity index (χ0v) is 24.3. The Balaban J connectivity index is 1.61. The van der Waals surface area contributed by atoms with Gasteiger partial charge in [-0.3, -0.25) is 9.59 Å². The Bertz CT molecular complexity index is 1590. The Hall–Kier alpha value is -4.21. The Kier molecular flexibility index (Phi) is 8.48. The number of amides is 2. The molecule has 1 N–H and O–H groups in total. The van der Waals surface area contributed by atoms with Gasteiger partial charge in [-0.05, 0) is 56.0 Å². The minimum absolute atomic E-state index is 0.167. The summed E-state index contributed by atoms with van der Waals surface area (Å²) in [7, 11) is 1.17. The fraction of sp³-hybridized carbons (Fsp3) is 0.423. The van der Waals surface area contributed by atoms with Crippen LogP contribution in [0.15, 0.2) is 41.4 Å². The molecule has 12 nitrogen and oxygen atoms in total. The minimum atomic E-state index is -5.10. The van der Waals surface area contributed by atoms with E-state index in [2.05, 4.69) is 25.1 Å². The number of pyridine rings is 1. The van der Waals surface area contributed by atoms with Gasteiger partial charge in [0.05, 0.1) is 16.5 Å². The van der Waals surface area contributed by atoms with E-state index in [9.17, 15) is 31.2 Å². The second kappa shape index (κ2) is 11.6. The molecule has 0 aliphatic heterocycles. The quantitative estimate of drug-likeness (QED) is 0.367. The smallest absolute Gasteiger partial charge is 0.406 e. The van der Waals surface area contributed by atoms with Crippen LogP contribution in [0.1, 0.15) is 52.3 Å². The van der Waals surface area contributed by atoms with E-state index in [-0.39, 0.29) is 23.2 Å². The highest BCUT2D eigenvalue weighted by molar-refractivity contribution is 7.90. The van der Waals surface area contributed by atoms with Crippen LogP contribution in [0.25, 0.3) is 5.82 Å². The van der Waals surface area contributed by atoms with Crippen molar-refractivity contribution in [2.75, 3.05) is 38.8 Å². The second-order valence-corrected chi connectivity index (χ2v) is 12.3. The summed E-state index contributed by atoms with van der Waals surface area (Å²) in [6.45, 7) is 2.24. The molecule has 42 heavy (non-hydrogen) atoms. The van der Waals surface area contributed by atoms with Crippen LogP contribution in [-0.2, 0) is 9.84 Å². The number of anilines is 1. The first-order chi connectivity index (χ1) is 19.5. The van der Waals surface area contributed by atoms with Gasteiger partial charge in [-0.1, -0.05) is 0 Å². The normalized spacial score (nSPS) is 14.3. The van der Waals surface area contributed by atoms with Crippen molar-refractivity contribution >= 4 is 27.6 Å². The van der Waals surface area contributed by atoms with Crippen molar-refractivity contribution in [2.45, 2.75) is 37.1 Å². The summed E-state index contributed by atoms with van der Waals surface area (Å²) < 4.78 is 67.9. The predicted octanol–water partition coefficient (Wildman–Crippen LogP) is 3.00. The standard InChI is InChI=1S/C26H30F3N7O5S/c1-15(31-23(37)18-10-19(41-26(27,28)29)12-20(11-18)42(5,39)40)22-32-25(34(2)3)33-36(22)21-9-8-17(13-30-21)24(38)35(4)14-16-6-7-16/h8-13,15-16H,6-7,14H2,1-5H3,(H,31,37)/t15-/m0/s1. The molecule has 1 aromatic carbocycles. The van der Waals surface area contributed by atoms with E-state index in [0.29, 0.717) is 29.9 Å². The fourth-order valence-corrected chi connectivity index (χ4v) is 4.71. The molecule has 0 spiro atoms. The number of sulfone groups is 1. The Morgan fingerprint density at radius 2 is 1.83 bits per heavy atom. The summed E-state index contributed by atoms with van der Waals surface area (Å²) in [4.78, 5) is 37.4. The Labute approximate surface area is 240 Å². The lowest BCUT2D eigenvalue weighted by molar-refractivity contribution is -0.274. The van der Waals surface area contributed by atoms with Gasteiger partial charge in [-0.15, -0.1) is 18.3 Å². The highest BCUT2D eigenvalue weighted by atomic mass is 32.2. The molecule has 2 heterocycles. The number of hydrogen-bond donors (Lipinski definition) is 1. The third kappa shape index (κ3) is 7.54. The third-order valence-corrected chi connectivity index (χ3v) is 7.44. The number of halogens is 3. The molecule has 226 valence electrons. The minimum Gasteiger partial charge on any atom is -0.406 e. The average Bonchev–Trinajstić information content (AvgIpc) is 3.59. The van der Waals surface area contributed by atoms with E-state index >= 15 is 0 Å². The molecule has 3 aromatic rings. The maximum Gasteiger partial charge on any atom is 0.573 e. The molecule has 4 rings (SSSR count). The molecule has 0 radical (unpaired) electrons. The molecule has 0 bridgehead atoms. The molecule has 1 aliphatic carbocycles. The van der Waals surface area contributed by atoms with Gasteiger partial charge in [0.15, 0.2) is 21.5 Å². The molecule has 2 aromatic heterocycles.